The van der Waals surface area contributed by atoms with Gasteiger partial charge in [-0.15, -0.1) is 45.3 Å². The van der Waals surface area contributed by atoms with Crippen molar-refractivity contribution in [2.75, 3.05) is 0 Å². The molecule has 0 saturated heterocycles. The average molecular weight is 833 g/mol. The van der Waals surface area contributed by atoms with Gasteiger partial charge in [0.1, 0.15) is 46.5 Å². The van der Waals surface area contributed by atoms with Crippen molar-refractivity contribution >= 4 is 69.7 Å². The van der Waals surface area contributed by atoms with E-state index in [9.17, 15) is 35.1 Å². The van der Waals surface area contributed by atoms with Crippen molar-refractivity contribution < 1.29 is 35.1 Å². The zero-order valence-corrected chi connectivity index (χ0v) is 31.8. The van der Waals surface area contributed by atoms with Crippen molar-refractivity contribution in [1.29, 1.82) is 0 Å². The highest BCUT2D eigenvalue weighted by molar-refractivity contribution is 7.14. The minimum Gasteiger partial charge on any atom is -0.206 e. The highest BCUT2D eigenvalue weighted by Crippen LogP contribution is 2.34. The minimum atomic E-state index is -0.642. The zero-order chi connectivity index (χ0) is 39.3. The van der Waals surface area contributed by atoms with Crippen molar-refractivity contribution in [3.8, 4) is 41.8 Å². The standard InChI is InChI=1S/2C22H12F4S2/c2*23-17-11-15(21-3-1-7-27-21)19(25)9-13(17)5-6-14-10-20(26)16(12-18(14)24)22-4-2-8-28-22/h2*1-12H/b2*6-5+. The van der Waals surface area contributed by atoms with Gasteiger partial charge in [0, 0.05) is 64.0 Å². The molecule has 0 aliphatic rings. The molecule has 4 aromatic heterocycles. The summed E-state index contributed by atoms with van der Waals surface area (Å²) in [5.74, 6) is -4.89. The van der Waals surface area contributed by atoms with Crippen LogP contribution in [0.1, 0.15) is 22.3 Å². The van der Waals surface area contributed by atoms with Crippen LogP contribution in [0.15, 0.2) is 119 Å². The maximum atomic E-state index is 14.4. The Kier molecular flexibility index (Phi) is 11.9. The van der Waals surface area contributed by atoms with Gasteiger partial charge in [-0.25, -0.2) is 35.1 Å². The Morgan fingerprint density at radius 2 is 0.500 bits per heavy atom. The molecule has 0 fully saturated rings. The van der Waals surface area contributed by atoms with Crippen LogP contribution in [0.4, 0.5) is 35.1 Å². The third kappa shape index (κ3) is 8.69. The van der Waals surface area contributed by atoms with E-state index in [4.69, 9.17) is 0 Å². The Bertz CT molecular complexity index is 2290. The van der Waals surface area contributed by atoms with Gasteiger partial charge in [-0.3, -0.25) is 0 Å². The normalized spacial score (nSPS) is 11.4. The average Bonchev–Trinajstić information content (AvgIpc) is 4.03. The van der Waals surface area contributed by atoms with Gasteiger partial charge in [-0.1, -0.05) is 48.6 Å². The largest absolute Gasteiger partial charge is 0.206 e. The molecule has 0 nitrogen and oxygen atoms in total. The summed E-state index contributed by atoms with van der Waals surface area (Å²) in [4.78, 5) is 2.46. The summed E-state index contributed by atoms with van der Waals surface area (Å²) in [6.07, 6.45) is 4.94. The molecule has 0 spiro atoms. The SMILES string of the molecule is Fc1cc(-c2cccs2)c(F)cc1/C=C/c1cc(F)c(-c2cccs2)cc1F.Fc1cc(-c2cccs2)c(F)cc1/C=C/c1cc(F)c(-c2cccs2)cc1F. The topological polar surface area (TPSA) is 0 Å². The molecule has 0 N–H and O–H groups in total. The van der Waals surface area contributed by atoms with E-state index >= 15 is 0 Å². The van der Waals surface area contributed by atoms with E-state index in [2.05, 4.69) is 0 Å². The van der Waals surface area contributed by atoms with E-state index in [0.717, 1.165) is 48.5 Å². The molecule has 0 aliphatic carbocycles. The lowest BCUT2D eigenvalue weighted by Crippen LogP contribution is -1.91. The lowest BCUT2D eigenvalue weighted by Gasteiger charge is -2.06. The summed E-state index contributed by atoms with van der Waals surface area (Å²) in [5.41, 5.74) is 0.508. The summed E-state index contributed by atoms with van der Waals surface area (Å²) >= 11 is 5.21. The molecule has 0 aliphatic heterocycles. The lowest BCUT2D eigenvalue weighted by atomic mass is 10.1. The van der Waals surface area contributed by atoms with E-state index in [1.807, 2.05) is 0 Å². The number of hydrogen-bond donors (Lipinski definition) is 0. The van der Waals surface area contributed by atoms with Gasteiger partial charge >= 0.3 is 0 Å². The van der Waals surface area contributed by atoms with Crippen molar-refractivity contribution in [1.82, 2.24) is 0 Å². The number of benzene rings is 4. The van der Waals surface area contributed by atoms with Crippen molar-refractivity contribution in [3.05, 3.63) is 187 Å². The van der Waals surface area contributed by atoms with Crippen LogP contribution in [0.25, 0.3) is 66.1 Å². The molecule has 12 heteroatoms. The molecule has 8 rings (SSSR count). The van der Waals surface area contributed by atoms with E-state index in [0.29, 0.717) is 19.5 Å². The van der Waals surface area contributed by atoms with Crippen LogP contribution in [0.2, 0.25) is 0 Å². The Morgan fingerprint density at radius 1 is 0.286 bits per heavy atom. The smallest absolute Gasteiger partial charge is 0.132 e. The van der Waals surface area contributed by atoms with Crippen LogP contribution >= 0.6 is 45.3 Å². The van der Waals surface area contributed by atoms with E-state index in [-0.39, 0.29) is 44.5 Å². The molecule has 280 valence electrons. The molecule has 4 aromatic carbocycles. The summed E-state index contributed by atoms with van der Waals surface area (Å²) in [6, 6.07) is 22.4. The summed E-state index contributed by atoms with van der Waals surface area (Å²) < 4.78 is 115. The number of rotatable bonds is 8. The second kappa shape index (κ2) is 17.2. The van der Waals surface area contributed by atoms with E-state index < -0.39 is 46.5 Å². The molecular weight excluding hydrogens is 809 g/mol. The Balaban J connectivity index is 0.000000172. The second-order valence-corrected chi connectivity index (χ2v) is 15.8. The van der Waals surface area contributed by atoms with E-state index in [1.165, 1.54) is 69.7 Å². The molecule has 8 aromatic rings. The van der Waals surface area contributed by atoms with Gasteiger partial charge in [0.05, 0.1) is 0 Å². The Morgan fingerprint density at radius 3 is 0.679 bits per heavy atom. The number of thiophene rings is 4. The van der Waals surface area contributed by atoms with Crippen molar-refractivity contribution in [3.63, 3.8) is 0 Å². The first-order valence-electron chi connectivity index (χ1n) is 16.5. The predicted octanol–water partition coefficient (Wildman–Crippen LogP) is 15.7. The summed E-state index contributed by atoms with van der Waals surface area (Å²) in [6.45, 7) is 0. The quantitative estimate of drug-likeness (QED) is 0.106. The van der Waals surface area contributed by atoms with Crippen LogP contribution in [0, 0.1) is 46.5 Å². The minimum absolute atomic E-state index is 0.0417. The monoisotopic (exact) mass is 832 g/mol. The molecular formula is C44H24F8S4. The lowest BCUT2D eigenvalue weighted by molar-refractivity contribution is 0.600. The van der Waals surface area contributed by atoms with Crippen LogP contribution in [-0.2, 0) is 0 Å². The first kappa shape index (κ1) is 38.9. The van der Waals surface area contributed by atoms with Gasteiger partial charge in [-0.2, -0.15) is 0 Å². The van der Waals surface area contributed by atoms with Crippen molar-refractivity contribution in [2.24, 2.45) is 0 Å². The van der Waals surface area contributed by atoms with Crippen LogP contribution in [-0.4, -0.2) is 0 Å². The maximum absolute atomic E-state index is 14.4. The first-order valence-corrected chi connectivity index (χ1v) is 20.1. The zero-order valence-electron chi connectivity index (χ0n) is 28.5. The summed E-state index contributed by atoms with van der Waals surface area (Å²) in [5, 5.41) is 7.10. The second-order valence-electron chi connectivity index (χ2n) is 12.0. The highest BCUT2D eigenvalue weighted by atomic mass is 32.1. The molecule has 0 unspecified atom stereocenters. The van der Waals surface area contributed by atoms with Gasteiger partial charge in [0.2, 0.25) is 0 Å². The van der Waals surface area contributed by atoms with Gasteiger partial charge in [-0.05, 0) is 94.3 Å². The van der Waals surface area contributed by atoms with Crippen LogP contribution < -0.4 is 0 Å². The first-order chi connectivity index (χ1) is 27.0. The van der Waals surface area contributed by atoms with Crippen molar-refractivity contribution in [2.45, 2.75) is 0 Å². The fourth-order valence-electron chi connectivity index (χ4n) is 5.60. The molecule has 0 bridgehead atoms. The maximum Gasteiger partial charge on any atom is 0.132 e. The Labute approximate surface area is 332 Å². The Hall–Kier alpha value is -5.40. The number of hydrogen-bond acceptors (Lipinski definition) is 4. The number of halogens is 8. The van der Waals surface area contributed by atoms with Gasteiger partial charge in [0.25, 0.3) is 0 Å². The molecule has 0 saturated carbocycles. The fraction of sp³-hybridized carbons (Fsp3) is 0. The molecule has 56 heavy (non-hydrogen) atoms. The molecule has 0 amide bonds. The van der Waals surface area contributed by atoms with Gasteiger partial charge < -0.3 is 0 Å². The van der Waals surface area contributed by atoms with E-state index in [1.54, 1.807) is 70.1 Å². The van der Waals surface area contributed by atoms with Crippen LogP contribution in [0.5, 0.6) is 0 Å². The third-order valence-corrected chi connectivity index (χ3v) is 12.0. The predicted molar refractivity (Wildman–Crippen MR) is 217 cm³/mol. The third-order valence-electron chi connectivity index (χ3n) is 8.38. The molecule has 4 heterocycles. The van der Waals surface area contributed by atoms with Crippen LogP contribution in [0.3, 0.4) is 0 Å². The highest BCUT2D eigenvalue weighted by Gasteiger charge is 2.15. The molecule has 0 radical (unpaired) electrons. The fourth-order valence-corrected chi connectivity index (χ4v) is 8.58. The summed E-state index contributed by atoms with van der Waals surface area (Å²) in [7, 11) is 0. The molecule has 0 atom stereocenters. The van der Waals surface area contributed by atoms with Gasteiger partial charge in [0.15, 0.2) is 0 Å².